The van der Waals surface area contributed by atoms with E-state index in [4.69, 9.17) is 5.11 Å². The first-order valence-electron chi connectivity index (χ1n) is 27.0. The highest BCUT2D eigenvalue weighted by atomic mass is 16.4. The molecule has 0 heterocycles. The number of hydrogen-bond donors (Lipinski definition) is 2. The number of hydrogen-bond acceptors (Lipinski definition) is 2. The minimum atomic E-state index is -0.710. The van der Waals surface area contributed by atoms with Crippen LogP contribution in [0.4, 0.5) is 0 Å². The van der Waals surface area contributed by atoms with E-state index >= 15 is 0 Å². The molecule has 0 aliphatic carbocycles. The molecule has 0 bridgehead atoms. The lowest BCUT2D eigenvalue weighted by Crippen LogP contribution is -2.24. The summed E-state index contributed by atoms with van der Waals surface area (Å²) >= 11 is 0. The number of unbranched alkanes of at least 4 members (excludes halogenated alkanes) is 41. The quantitative estimate of drug-likeness (QED) is 0.0600. The van der Waals surface area contributed by atoms with E-state index in [9.17, 15) is 14.7 Å². The summed E-state index contributed by atoms with van der Waals surface area (Å²) < 4.78 is 0. The van der Waals surface area contributed by atoms with E-state index in [-0.39, 0.29) is 18.3 Å². The molecule has 0 saturated heterocycles. The van der Waals surface area contributed by atoms with Gasteiger partial charge in [-0.1, -0.05) is 290 Å². The van der Waals surface area contributed by atoms with Crippen molar-refractivity contribution in [3.05, 3.63) is 0 Å². The summed E-state index contributed by atoms with van der Waals surface area (Å²) in [6.45, 7) is 4.59. The minimum absolute atomic E-state index is 0.213. The average molecular weight is 819 g/mol. The summed E-state index contributed by atoms with van der Waals surface area (Å²) in [5.41, 5.74) is 0. The zero-order valence-corrected chi connectivity index (χ0v) is 39.8. The van der Waals surface area contributed by atoms with Crippen molar-refractivity contribution >= 4 is 11.9 Å². The van der Waals surface area contributed by atoms with Crippen molar-refractivity contribution in [1.82, 2.24) is 0 Å². The van der Waals surface area contributed by atoms with Crippen LogP contribution in [0.2, 0.25) is 0 Å². The van der Waals surface area contributed by atoms with Crippen molar-refractivity contribution in [2.24, 2.45) is 11.8 Å². The number of rotatable bonds is 51. The monoisotopic (exact) mass is 819 g/mol. The van der Waals surface area contributed by atoms with Crippen LogP contribution in [-0.2, 0) is 9.59 Å². The topological polar surface area (TPSA) is 74.6 Å². The highest BCUT2D eigenvalue weighted by Crippen LogP contribution is 2.30. The van der Waals surface area contributed by atoms with Crippen LogP contribution in [0.5, 0.6) is 0 Å². The van der Waals surface area contributed by atoms with Crippen LogP contribution >= 0.6 is 0 Å². The molecule has 0 aliphatic heterocycles. The molecule has 0 aromatic heterocycles. The summed E-state index contributed by atoms with van der Waals surface area (Å²) in [7, 11) is 0. The second-order valence-electron chi connectivity index (χ2n) is 19.1. The Morgan fingerprint density at radius 1 is 0.293 bits per heavy atom. The van der Waals surface area contributed by atoms with Crippen molar-refractivity contribution in [1.29, 1.82) is 0 Å². The molecule has 0 amide bonds. The van der Waals surface area contributed by atoms with Gasteiger partial charge in [0, 0.05) is 6.42 Å². The first kappa shape index (κ1) is 56.9. The zero-order chi connectivity index (χ0) is 42.3. The first-order valence-corrected chi connectivity index (χ1v) is 27.0. The van der Waals surface area contributed by atoms with Crippen LogP contribution in [-0.4, -0.2) is 22.2 Å². The molecule has 0 aromatic rings. The van der Waals surface area contributed by atoms with Crippen LogP contribution in [0.1, 0.15) is 322 Å². The predicted molar refractivity (Wildman–Crippen MR) is 255 cm³/mol. The van der Waals surface area contributed by atoms with Crippen molar-refractivity contribution in [3.63, 3.8) is 0 Å². The van der Waals surface area contributed by atoms with E-state index in [2.05, 4.69) is 13.8 Å². The molecule has 2 atom stereocenters. The number of carboxylic acid groups (broad SMARTS) is 2. The second-order valence-corrected chi connectivity index (χ2v) is 19.1. The van der Waals surface area contributed by atoms with Crippen molar-refractivity contribution in [3.8, 4) is 0 Å². The SMILES string of the molecule is CCCCCCCCCCCCCCCCCCCCCCC(CCCCCCC(=O)O)C(CCCCCCCCCCCCCCCCCCCCCC)C(=O)O. The molecule has 0 fully saturated rings. The van der Waals surface area contributed by atoms with E-state index in [0.29, 0.717) is 0 Å². The molecular formula is C54H106O4. The third kappa shape index (κ3) is 44.5. The second kappa shape index (κ2) is 48.6. The van der Waals surface area contributed by atoms with Gasteiger partial charge in [-0.25, -0.2) is 0 Å². The predicted octanol–water partition coefficient (Wildman–Crippen LogP) is 19.2. The van der Waals surface area contributed by atoms with Gasteiger partial charge in [-0.05, 0) is 31.6 Å². The van der Waals surface area contributed by atoms with Crippen LogP contribution in [0.3, 0.4) is 0 Å². The van der Waals surface area contributed by atoms with Crippen molar-refractivity contribution in [2.75, 3.05) is 0 Å². The standard InChI is InChI=1S/C54H106O4/c1-3-5-7-9-11-13-15-17-19-21-23-25-27-29-31-33-35-37-39-43-47-51(48-44-41-42-46-50-53(55)56)52(54(57)58)49-45-40-38-36-34-32-30-28-26-24-22-20-18-16-14-12-10-8-6-4-2/h51-52H,3-50H2,1-2H3,(H,55,56)(H,57,58). The summed E-state index contributed by atoms with van der Waals surface area (Å²) in [5, 5.41) is 19.3. The largest absolute Gasteiger partial charge is 0.481 e. The summed E-state index contributed by atoms with van der Waals surface area (Å²) in [4.78, 5) is 23.4. The Hall–Kier alpha value is -1.06. The van der Waals surface area contributed by atoms with Gasteiger partial charge in [0.1, 0.15) is 0 Å². The summed E-state index contributed by atoms with van der Waals surface area (Å²) in [6, 6.07) is 0. The van der Waals surface area contributed by atoms with Crippen LogP contribution in [0, 0.1) is 11.8 Å². The van der Waals surface area contributed by atoms with E-state index in [1.54, 1.807) is 0 Å². The van der Waals surface area contributed by atoms with Gasteiger partial charge in [-0.3, -0.25) is 9.59 Å². The Bertz CT molecular complexity index is 811. The lowest BCUT2D eigenvalue weighted by atomic mass is 9.80. The van der Waals surface area contributed by atoms with Gasteiger partial charge in [0.05, 0.1) is 5.92 Å². The van der Waals surface area contributed by atoms with Gasteiger partial charge in [0.25, 0.3) is 0 Å². The number of carbonyl (C=O) groups is 2. The van der Waals surface area contributed by atoms with E-state index in [1.165, 1.54) is 244 Å². The Kier molecular flexibility index (Phi) is 47.7. The Balaban J connectivity index is 4.05. The molecule has 4 heteroatoms. The summed E-state index contributed by atoms with van der Waals surface area (Å²) in [5.74, 6) is -1.23. The van der Waals surface area contributed by atoms with Crippen LogP contribution in [0.15, 0.2) is 0 Å². The molecule has 4 nitrogen and oxygen atoms in total. The molecule has 346 valence electrons. The Morgan fingerprint density at radius 2 is 0.500 bits per heavy atom. The molecule has 2 N–H and O–H groups in total. The molecule has 0 aromatic carbocycles. The maximum absolute atomic E-state index is 12.5. The highest BCUT2D eigenvalue weighted by Gasteiger charge is 2.27. The van der Waals surface area contributed by atoms with E-state index < -0.39 is 11.9 Å². The van der Waals surface area contributed by atoms with Crippen molar-refractivity contribution in [2.45, 2.75) is 322 Å². The third-order valence-electron chi connectivity index (χ3n) is 13.4. The fraction of sp³-hybridized carbons (Fsp3) is 0.963. The molecular weight excluding hydrogens is 713 g/mol. The van der Waals surface area contributed by atoms with Gasteiger partial charge in [-0.15, -0.1) is 0 Å². The third-order valence-corrected chi connectivity index (χ3v) is 13.4. The van der Waals surface area contributed by atoms with E-state index in [1.807, 2.05) is 0 Å². The average Bonchev–Trinajstić information content (AvgIpc) is 3.21. The summed E-state index contributed by atoms with van der Waals surface area (Å²) in [6.07, 6.45) is 61.9. The van der Waals surface area contributed by atoms with Gasteiger partial charge in [0.2, 0.25) is 0 Å². The molecule has 0 saturated carbocycles. The normalized spacial score (nSPS) is 12.7. The lowest BCUT2D eigenvalue weighted by molar-refractivity contribution is -0.144. The van der Waals surface area contributed by atoms with Crippen molar-refractivity contribution < 1.29 is 19.8 Å². The molecule has 0 spiro atoms. The molecule has 2 unspecified atom stereocenters. The first-order chi connectivity index (χ1) is 28.5. The van der Waals surface area contributed by atoms with Gasteiger partial charge < -0.3 is 10.2 Å². The van der Waals surface area contributed by atoms with Crippen LogP contribution in [0.25, 0.3) is 0 Å². The lowest BCUT2D eigenvalue weighted by Gasteiger charge is -2.24. The minimum Gasteiger partial charge on any atom is -0.481 e. The van der Waals surface area contributed by atoms with Crippen LogP contribution < -0.4 is 0 Å². The Labute approximate surface area is 364 Å². The van der Waals surface area contributed by atoms with Gasteiger partial charge in [-0.2, -0.15) is 0 Å². The Morgan fingerprint density at radius 3 is 0.724 bits per heavy atom. The van der Waals surface area contributed by atoms with E-state index in [0.717, 1.165) is 57.8 Å². The smallest absolute Gasteiger partial charge is 0.306 e. The molecule has 0 rings (SSSR count). The highest BCUT2D eigenvalue weighted by molar-refractivity contribution is 5.70. The molecule has 0 aliphatic rings. The molecule has 0 radical (unpaired) electrons. The fourth-order valence-electron chi connectivity index (χ4n) is 9.43. The maximum atomic E-state index is 12.5. The maximum Gasteiger partial charge on any atom is 0.306 e. The fourth-order valence-corrected chi connectivity index (χ4v) is 9.43. The molecule has 58 heavy (non-hydrogen) atoms. The van der Waals surface area contributed by atoms with Gasteiger partial charge >= 0.3 is 11.9 Å². The number of carboxylic acids is 2. The van der Waals surface area contributed by atoms with Gasteiger partial charge in [0.15, 0.2) is 0 Å². The zero-order valence-electron chi connectivity index (χ0n) is 39.8. The number of aliphatic carboxylic acids is 2.